The maximum absolute atomic E-state index is 12.1. The van der Waals surface area contributed by atoms with E-state index in [4.69, 9.17) is 4.74 Å². The predicted molar refractivity (Wildman–Crippen MR) is 124 cm³/mol. The molecular weight excluding hydrogens is 402 g/mol. The van der Waals surface area contributed by atoms with Gasteiger partial charge in [-0.05, 0) is 41.5 Å². The van der Waals surface area contributed by atoms with Gasteiger partial charge in [0.1, 0.15) is 5.75 Å². The molecule has 0 radical (unpaired) electrons. The molecule has 0 aliphatic carbocycles. The molecule has 2 amide bonds. The van der Waals surface area contributed by atoms with E-state index in [0.717, 1.165) is 21.8 Å². The third kappa shape index (κ3) is 5.08. The summed E-state index contributed by atoms with van der Waals surface area (Å²) >= 11 is 0. The lowest BCUT2D eigenvalue weighted by Crippen LogP contribution is -2.29. The van der Waals surface area contributed by atoms with Gasteiger partial charge in [0.05, 0.1) is 12.3 Å². The molecule has 158 valence electrons. The number of carbonyl (C=O) groups is 3. The average molecular weight is 423 g/mol. The molecule has 4 rings (SSSR count). The maximum Gasteiger partial charge on any atom is 0.258 e. The first-order valence-electron chi connectivity index (χ1n) is 10.3. The van der Waals surface area contributed by atoms with Gasteiger partial charge in [0, 0.05) is 24.1 Å². The smallest absolute Gasteiger partial charge is 0.258 e. The normalized spacial score (nSPS) is 13.2. The molecule has 5 heteroatoms. The van der Waals surface area contributed by atoms with Crippen molar-refractivity contribution in [2.24, 2.45) is 0 Å². The van der Waals surface area contributed by atoms with Gasteiger partial charge in [-0.2, -0.15) is 0 Å². The minimum atomic E-state index is -0.325. The Morgan fingerprint density at radius 3 is 2.12 bits per heavy atom. The third-order valence-electron chi connectivity index (χ3n) is 5.03. The molecule has 1 aliphatic rings. The van der Waals surface area contributed by atoms with Crippen molar-refractivity contribution in [3.05, 3.63) is 114 Å². The number of amides is 2. The van der Waals surface area contributed by atoms with Gasteiger partial charge in [-0.3, -0.25) is 14.4 Å². The van der Waals surface area contributed by atoms with Gasteiger partial charge in [-0.15, -0.1) is 0 Å². The molecule has 32 heavy (non-hydrogen) atoms. The van der Waals surface area contributed by atoms with Crippen LogP contribution >= 0.6 is 0 Å². The Labute approximate surface area is 186 Å². The molecule has 3 aromatic rings. The highest BCUT2D eigenvalue weighted by atomic mass is 16.5. The average Bonchev–Trinajstić information content (AvgIpc) is 3.17. The zero-order valence-corrected chi connectivity index (χ0v) is 17.3. The van der Waals surface area contributed by atoms with E-state index in [2.05, 4.69) is 0 Å². The Kier molecular flexibility index (Phi) is 6.37. The lowest BCUT2D eigenvalue weighted by molar-refractivity contribution is -0.119. The second kappa shape index (κ2) is 9.71. The van der Waals surface area contributed by atoms with Gasteiger partial charge in [-0.25, -0.2) is 4.90 Å². The number of allylic oxidation sites excluding steroid dienone is 1. The van der Waals surface area contributed by atoms with E-state index < -0.39 is 0 Å². The molecule has 1 heterocycles. The van der Waals surface area contributed by atoms with Crippen LogP contribution < -0.4 is 9.64 Å². The van der Waals surface area contributed by atoms with Crippen LogP contribution in [0, 0.1) is 0 Å². The topological polar surface area (TPSA) is 63.7 Å². The van der Waals surface area contributed by atoms with E-state index in [1.54, 1.807) is 36.4 Å². The number of hydrogen-bond donors (Lipinski definition) is 0. The van der Waals surface area contributed by atoms with Crippen LogP contribution in [0.1, 0.15) is 21.5 Å². The van der Waals surface area contributed by atoms with Crippen molar-refractivity contribution < 1.29 is 19.1 Å². The SMILES string of the molecule is O=C(C=Cc1ccc(OCCc2ccc(N3C(=O)C=CC3=O)cc2)cc1)c1ccccc1. The van der Waals surface area contributed by atoms with Gasteiger partial charge in [-0.1, -0.05) is 60.7 Å². The van der Waals surface area contributed by atoms with E-state index in [0.29, 0.717) is 24.3 Å². The number of ketones is 1. The zero-order chi connectivity index (χ0) is 22.3. The van der Waals surface area contributed by atoms with Gasteiger partial charge < -0.3 is 4.74 Å². The van der Waals surface area contributed by atoms with Crippen molar-refractivity contribution in [3.63, 3.8) is 0 Å². The fourth-order valence-electron chi connectivity index (χ4n) is 3.30. The number of hydrogen-bond acceptors (Lipinski definition) is 4. The van der Waals surface area contributed by atoms with E-state index in [9.17, 15) is 14.4 Å². The summed E-state index contributed by atoms with van der Waals surface area (Å²) in [5.74, 6) is 0.0572. The standard InChI is InChI=1S/C27H21NO4/c29-25(22-4-2-1-3-5-22)15-10-20-8-13-24(14-9-20)32-19-18-21-6-11-23(12-7-21)28-26(30)16-17-27(28)31/h1-17H,18-19H2. The van der Waals surface area contributed by atoms with Gasteiger partial charge >= 0.3 is 0 Å². The maximum atomic E-state index is 12.1. The molecule has 0 atom stereocenters. The van der Waals surface area contributed by atoms with Gasteiger partial charge in [0.15, 0.2) is 5.78 Å². The Morgan fingerprint density at radius 2 is 1.47 bits per heavy atom. The predicted octanol–water partition coefficient (Wildman–Crippen LogP) is 4.63. The quantitative estimate of drug-likeness (QED) is 0.301. The summed E-state index contributed by atoms with van der Waals surface area (Å²) in [6.07, 6.45) is 6.58. The summed E-state index contributed by atoms with van der Waals surface area (Å²) in [6, 6.07) is 24.0. The van der Waals surface area contributed by atoms with Crippen molar-refractivity contribution in [3.8, 4) is 5.75 Å². The highest BCUT2D eigenvalue weighted by molar-refractivity contribution is 6.28. The first-order chi connectivity index (χ1) is 15.6. The van der Waals surface area contributed by atoms with Crippen LogP contribution in [0.3, 0.4) is 0 Å². The zero-order valence-electron chi connectivity index (χ0n) is 17.3. The van der Waals surface area contributed by atoms with Gasteiger partial charge in [0.2, 0.25) is 0 Å². The fourth-order valence-corrected chi connectivity index (χ4v) is 3.30. The van der Waals surface area contributed by atoms with Crippen molar-refractivity contribution in [2.75, 3.05) is 11.5 Å². The molecule has 1 aliphatic heterocycles. The third-order valence-corrected chi connectivity index (χ3v) is 5.03. The highest BCUT2D eigenvalue weighted by Gasteiger charge is 2.24. The summed E-state index contributed by atoms with van der Waals surface area (Å²) in [5, 5.41) is 0. The van der Waals surface area contributed by atoms with Crippen LogP contribution in [0.5, 0.6) is 5.75 Å². The van der Waals surface area contributed by atoms with Crippen LogP contribution in [0.4, 0.5) is 5.69 Å². The first kappa shape index (κ1) is 21.0. The first-order valence-corrected chi connectivity index (χ1v) is 10.3. The van der Waals surface area contributed by atoms with E-state index in [1.165, 1.54) is 12.2 Å². The Morgan fingerprint density at radius 1 is 0.812 bits per heavy atom. The van der Waals surface area contributed by atoms with E-state index >= 15 is 0 Å². The van der Waals surface area contributed by atoms with Crippen molar-refractivity contribution in [1.29, 1.82) is 0 Å². The molecule has 5 nitrogen and oxygen atoms in total. The number of benzene rings is 3. The molecule has 0 saturated heterocycles. The molecule has 3 aromatic carbocycles. The van der Waals surface area contributed by atoms with Crippen LogP contribution in [0.25, 0.3) is 6.08 Å². The lowest BCUT2D eigenvalue weighted by atomic mass is 10.1. The molecule has 0 spiro atoms. The summed E-state index contributed by atoms with van der Waals surface area (Å²) in [6.45, 7) is 0.490. The molecule has 0 saturated carbocycles. The summed E-state index contributed by atoms with van der Waals surface area (Å²) in [5.41, 5.74) is 3.17. The van der Waals surface area contributed by atoms with Crippen molar-refractivity contribution in [2.45, 2.75) is 6.42 Å². The number of nitrogens with zero attached hydrogens (tertiary/aromatic N) is 1. The number of ether oxygens (including phenoxy) is 1. The van der Waals surface area contributed by atoms with E-state index in [-0.39, 0.29) is 17.6 Å². The second-order valence-electron chi connectivity index (χ2n) is 7.24. The van der Waals surface area contributed by atoms with Crippen LogP contribution in [0.2, 0.25) is 0 Å². The van der Waals surface area contributed by atoms with E-state index in [1.807, 2.05) is 54.6 Å². The number of anilines is 1. The largest absolute Gasteiger partial charge is 0.493 e. The lowest BCUT2D eigenvalue weighted by Gasteiger charge is -2.14. The number of carbonyl (C=O) groups excluding carboxylic acids is 3. The van der Waals surface area contributed by atoms with Gasteiger partial charge in [0.25, 0.3) is 11.8 Å². The highest BCUT2D eigenvalue weighted by Crippen LogP contribution is 2.20. The Balaban J connectivity index is 1.26. The molecule has 0 fully saturated rings. The Bertz CT molecular complexity index is 1160. The second-order valence-corrected chi connectivity index (χ2v) is 7.24. The molecule has 0 aromatic heterocycles. The van der Waals surface area contributed by atoms with Crippen LogP contribution in [-0.2, 0) is 16.0 Å². The fraction of sp³-hybridized carbons (Fsp3) is 0.0741. The van der Waals surface area contributed by atoms with Crippen molar-refractivity contribution in [1.82, 2.24) is 0 Å². The number of imide groups is 1. The Hall–Kier alpha value is -4.25. The minimum absolute atomic E-state index is 0.0355. The van der Waals surface area contributed by atoms with Crippen LogP contribution in [0.15, 0.2) is 97.1 Å². The molecular formula is C27H21NO4. The molecule has 0 bridgehead atoms. The minimum Gasteiger partial charge on any atom is -0.493 e. The number of rotatable bonds is 8. The summed E-state index contributed by atoms with van der Waals surface area (Å²) < 4.78 is 5.80. The van der Waals surface area contributed by atoms with Crippen LogP contribution in [-0.4, -0.2) is 24.2 Å². The summed E-state index contributed by atoms with van der Waals surface area (Å²) in [4.78, 5) is 36.8. The van der Waals surface area contributed by atoms with Crippen molar-refractivity contribution >= 4 is 29.4 Å². The monoisotopic (exact) mass is 423 g/mol. The molecule has 0 unspecified atom stereocenters. The summed E-state index contributed by atoms with van der Waals surface area (Å²) in [7, 11) is 0. The molecule has 0 N–H and O–H groups in total.